The van der Waals surface area contributed by atoms with Crippen molar-refractivity contribution >= 4 is 17.4 Å². The minimum atomic E-state index is -5.09. The molecule has 0 aliphatic carbocycles. The van der Waals surface area contributed by atoms with Gasteiger partial charge in [0.1, 0.15) is 11.6 Å². The average molecular weight is 614 g/mol. The lowest BCUT2D eigenvalue weighted by Crippen LogP contribution is -2.42. The number of anilines is 2. The molecule has 1 fully saturated rings. The third-order valence-corrected chi connectivity index (χ3v) is 7.75. The third-order valence-electron chi connectivity index (χ3n) is 7.75. The summed E-state index contributed by atoms with van der Waals surface area (Å²) in [5.74, 6) is -1.01. The summed E-state index contributed by atoms with van der Waals surface area (Å²) in [7, 11) is 1.32. The second-order valence-electron chi connectivity index (χ2n) is 11.2. The summed E-state index contributed by atoms with van der Waals surface area (Å²) in [6.45, 7) is 3.98. The van der Waals surface area contributed by atoms with E-state index >= 15 is 0 Å². The van der Waals surface area contributed by atoms with E-state index in [9.17, 15) is 45.7 Å². The molecule has 1 saturated heterocycles. The van der Waals surface area contributed by atoms with Gasteiger partial charge in [0.2, 0.25) is 5.91 Å². The van der Waals surface area contributed by atoms with E-state index in [1.807, 2.05) is 0 Å². The first-order valence-corrected chi connectivity index (χ1v) is 13.2. The summed E-state index contributed by atoms with van der Waals surface area (Å²) in [6, 6.07) is 6.14. The van der Waals surface area contributed by atoms with E-state index in [4.69, 9.17) is 0 Å². The van der Waals surface area contributed by atoms with Crippen LogP contribution in [0.3, 0.4) is 0 Å². The number of β-amino-alcohol motifs (C(OH)–C–C–N with tert-alkyl or cyclic N) is 1. The molecule has 6 nitrogen and oxygen atoms in total. The summed E-state index contributed by atoms with van der Waals surface area (Å²) in [5.41, 5.74) is -3.96. The molecular weight excluding hydrogens is 583 g/mol. The number of pyridine rings is 1. The molecule has 1 aromatic heterocycles. The van der Waals surface area contributed by atoms with E-state index in [0.717, 1.165) is 4.90 Å². The van der Waals surface area contributed by atoms with Crippen LogP contribution in [0.25, 0.3) is 11.1 Å². The highest BCUT2D eigenvalue weighted by Gasteiger charge is 2.41. The van der Waals surface area contributed by atoms with Crippen molar-refractivity contribution in [3.63, 3.8) is 0 Å². The standard InChI is InChI=1S/C30H30F7N3O3/c1-16-7-20(31)5-6-23(16)24-12-26(40-14-22(42)11-21(40)15-41)38-13-25(24)39(4)27(43)28(2,3)17-8-18(29(32,33)34)10-19(9-17)30(35,36)37/h5-10,12-13,21-22,41-42H,11,14-15H2,1-4H3/t21-,22-/m0/s1. The molecule has 0 unspecified atom stereocenters. The lowest BCUT2D eigenvalue weighted by atomic mass is 9.81. The van der Waals surface area contributed by atoms with Crippen molar-refractivity contribution in [2.75, 3.05) is 30.0 Å². The molecule has 0 bridgehead atoms. The molecule has 1 aliphatic heterocycles. The topological polar surface area (TPSA) is 76.9 Å². The summed E-state index contributed by atoms with van der Waals surface area (Å²) >= 11 is 0. The number of aryl methyl sites for hydroxylation is 1. The Bertz CT molecular complexity index is 1490. The molecule has 2 atom stereocenters. The summed E-state index contributed by atoms with van der Waals surface area (Å²) in [5, 5.41) is 20.0. The van der Waals surface area contributed by atoms with Crippen molar-refractivity contribution in [1.29, 1.82) is 0 Å². The van der Waals surface area contributed by atoms with Crippen LogP contribution in [0, 0.1) is 12.7 Å². The monoisotopic (exact) mass is 613 g/mol. The van der Waals surface area contributed by atoms with Crippen LogP contribution in [0.15, 0.2) is 48.7 Å². The van der Waals surface area contributed by atoms with Gasteiger partial charge in [-0.25, -0.2) is 9.37 Å². The van der Waals surface area contributed by atoms with Crippen LogP contribution in [0.1, 0.15) is 42.5 Å². The fraction of sp³-hybridized carbons (Fsp3) is 0.400. The van der Waals surface area contributed by atoms with Crippen LogP contribution in [-0.2, 0) is 22.6 Å². The number of hydrogen-bond acceptors (Lipinski definition) is 5. The summed E-state index contributed by atoms with van der Waals surface area (Å²) < 4.78 is 95.4. The molecular formula is C30H30F7N3O3. The lowest BCUT2D eigenvalue weighted by Gasteiger charge is -2.32. The van der Waals surface area contributed by atoms with E-state index in [0.29, 0.717) is 34.6 Å². The van der Waals surface area contributed by atoms with Gasteiger partial charge >= 0.3 is 12.4 Å². The van der Waals surface area contributed by atoms with Gasteiger partial charge in [-0.1, -0.05) is 6.07 Å². The van der Waals surface area contributed by atoms with Crippen LogP contribution in [0.2, 0.25) is 0 Å². The molecule has 0 saturated carbocycles. The molecule has 4 rings (SSSR count). The highest BCUT2D eigenvalue weighted by molar-refractivity contribution is 6.03. The molecule has 43 heavy (non-hydrogen) atoms. The quantitative estimate of drug-likeness (QED) is 0.329. The fourth-order valence-corrected chi connectivity index (χ4v) is 5.32. The number of alkyl halides is 6. The first-order chi connectivity index (χ1) is 19.8. The zero-order chi connectivity index (χ0) is 32.1. The molecule has 2 heterocycles. The second kappa shape index (κ2) is 11.4. The lowest BCUT2D eigenvalue weighted by molar-refractivity contribution is -0.143. The van der Waals surface area contributed by atoms with Crippen LogP contribution in [0.4, 0.5) is 42.2 Å². The molecule has 1 aliphatic rings. The zero-order valence-corrected chi connectivity index (χ0v) is 23.7. The second-order valence-corrected chi connectivity index (χ2v) is 11.2. The maximum atomic E-state index is 14.0. The number of nitrogens with zero attached hydrogens (tertiary/aromatic N) is 3. The molecule has 13 heteroatoms. The Labute approximate surface area is 243 Å². The minimum Gasteiger partial charge on any atom is -0.394 e. The van der Waals surface area contributed by atoms with Gasteiger partial charge in [-0.2, -0.15) is 26.3 Å². The van der Waals surface area contributed by atoms with Gasteiger partial charge in [-0.3, -0.25) is 4.79 Å². The van der Waals surface area contributed by atoms with Gasteiger partial charge in [0.15, 0.2) is 0 Å². The third kappa shape index (κ3) is 6.47. The fourth-order valence-electron chi connectivity index (χ4n) is 5.32. The van der Waals surface area contributed by atoms with E-state index in [1.165, 1.54) is 45.3 Å². The van der Waals surface area contributed by atoms with Crippen molar-refractivity contribution in [1.82, 2.24) is 4.98 Å². The molecule has 0 radical (unpaired) electrons. The molecule has 232 valence electrons. The van der Waals surface area contributed by atoms with Gasteiger partial charge in [0.05, 0.1) is 47.2 Å². The number of aromatic nitrogens is 1. The SMILES string of the molecule is Cc1cc(F)ccc1-c1cc(N2C[C@@H](O)C[C@H]2CO)ncc1N(C)C(=O)C(C)(C)c1cc(C(F)(F)F)cc(C(F)(F)F)c1. The molecule has 1 amide bonds. The van der Waals surface area contributed by atoms with Crippen molar-refractivity contribution in [2.45, 2.75) is 57.1 Å². The first kappa shape index (κ1) is 32.2. The maximum Gasteiger partial charge on any atom is 0.416 e. The Hall–Kier alpha value is -3.71. The van der Waals surface area contributed by atoms with Crippen molar-refractivity contribution in [3.05, 3.63) is 76.7 Å². The van der Waals surface area contributed by atoms with Crippen molar-refractivity contribution in [2.24, 2.45) is 0 Å². The van der Waals surface area contributed by atoms with Crippen LogP contribution in [-0.4, -0.2) is 53.4 Å². The number of hydrogen-bond donors (Lipinski definition) is 2. The van der Waals surface area contributed by atoms with Gasteiger partial charge in [0, 0.05) is 19.2 Å². The molecule has 2 aromatic carbocycles. The van der Waals surface area contributed by atoms with Crippen LogP contribution >= 0.6 is 0 Å². The highest BCUT2D eigenvalue weighted by atomic mass is 19.4. The zero-order valence-electron chi connectivity index (χ0n) is 23.7. The number of likely N-dealkylation sites (N-methyl/N-ethyl adjacent to an activating group) is 1. The first-order valence-electron chi connectivity index (χ1n) is 13.2. The number of aliphatic hydroxyl groups is 2. The number of aliphatic hydroxyl groups excluding tert-OH is 2. The van der Waals surface area contributed by atoms with Gasteiger partial charge < -0.3 is 20.0 Å². The number of carbonyl (C=O) groups is 1. The van der Waals surface area contributed by atoms with Gasteiger partial charge in [-0.05, 0) is 80.3 Å². The van der Waals surface area contributed by atoms with Crippen LogP contribution in [0.5, 0.6) is 0 Å². The van der Waals surface area contributed by atoms with E-state index < -0.39 is 58.3 Å². The predicted molar refractivity (Wildman–Crippen MR) is 146 cm³/mol. The average Bonchev–Trinajstić information content (AvgIpc) is 3.31. The predicted octanol–water partition coefficient (Wildman–Crippen LogP) is 6.11. The van der Waals surface area contributed by atoms with E-state index in [1.54, 1.807) is 17.9 Å². The maximum absolute atomic E-state index is 14.0. The Morgan fingerprint density at radius 1 is 0.977 bits per heavy atom. The molecule has 3 aromatic rings. The Kier molecular flexibility index (Phi) is 8.55. The van der Waals surface area contributed by atoms with Gasteiger partial charge in [-0.15, -0.1) is 0 Å². The number of halogens is 7. The smallest absolute Gasteiger partial charge is 0.394 e. The minimum absolute atomic E-state index is 0.000763. The Morgan fingerprint density at radius 3 is 2.09 bits per heavy atom. The largest absolute Gasteiger partial charge is 0.416 e. The molecule has 0 spiro atoms. The number of carbonyl (C=O) groups excluding carboxylic acids is 1. The highest BCUT2D eigenvalue weighted by Crippen LogP contribution is 2.41. The van der Waals surface area contributed by atoms with E-state index in [2.05, 4.69) is 4.98 Å². The number of benzene rings is 2. The van der Waals surface area contributed by atoms with Crippen LogP contribution < -0.4 is 9.80 Å². The van der Waals surface area contributed by atoms with Crippen molar-refractivity contribution < 1.29 is 45.7 Å². The Balaban J connectivity index is 1.84. The van der Waals surface area contributed by atoms with Gasteiger partial charge in [0.25, 0.3) is 0 Å². The number of amides is 1. The number of rotatable bonds is 6. The summed E-state index contributed by atoms with van der Waals surface area (Å²) in [6.07, 6.45) is -9.32. The van der Waals surface area contributed by atoms with Crippen molar-refractivity contribution in [3.8, 4) is 11.1 Å². The normalized spacial score (nSPS) is 17.8. The van der Waals surface area contributed by atoms with E-state index in [-0.39, 0.29) is 31.3 Å². The Morgan fingerprint density at radius 2 is 1.56 bits per heavy atom. The summed E-state index contributed by atoms with van der Waals surface area (Å²) in [4.78, 5) is 21.1. The molecule has 2 N–H and O–H groups in total.